The first-order chi connectivity index (χ1) is 15.6. The number of para-hydroxylation sites is 2. The van der Waals surface area contributed by atoms with E-state index in [-0.39, 0.29) is 30.1 Å². The fourth-order valence-electron chi connectivity index (χ4n) is 3.34. The van der Waals surface area contributed by atoms with E-state index in [1.54, 1.807) is 30.2 Å². The van der Waals surface area contributed by atoms with E-state index < -0.39 is 10.1 Å². The number of benzene rings is 2. The van der Waals surface area contributed by atoms with Crippen LogP contribution in [0.15, 0.2) is 42.5 Å². The lowest BCUT2D eigenvalue weighted by Gasteiger charge is -2.29. The zero-order valence-electron chi connectivity index (χ0n) is 20.3. The van der Waals surface area contributed by atoms with E-state index in [0.717, 1.165) is 18.8 Å². The van der Waals surface area contributed by atoms with Crippen molar-refractivity contribution in [3.63, 3.8) is 0 Å². The molecule has 0 saturated heterocycles. The van der Waals surface area contributed by atoms with Crippen molar-refractivity contribution >= 4 is 27.5 Å². The molecular weight excluding hydrogens is 442 g/mol. The molecule has 8 nitrogen and oxygen atoms in total. The predicted molar refractivity (Wildman–Crippen MR) is 133 cm³/mol. The van der Waals surface area contributed by atoms with Crippen LogP contribution in [0.2, 0.25) is 0 Å². The number of hydrogen-bond donors (Lipinski definition) is 1. The van der Waals surface area contributed by atoms with Gasteiger partial charge in [-0.25, -0.2) is 4.79 Å². The van der Waals surface area contributed by atoms with Gasteiger partial charge in [-0.2, -0.15) is 8.42 Å². The topological polar surface area (TPSA) is 88.2 Å². The average molecular weight is 478 g/mol. The molecule has 0 heterocycles. The minimum Gasteiger partial charge on any atom is -0.495 e. The van der Waals surface area contributed by atoms with Crippen molar-refractivity contribution in [1.29, 1.82) is 0 Å². The fraction of sp³-hybridized carbons (Fsp3) is 0.458. The highest BCUT2D eigenvalue weighted by atomic mass is 32.2. The van der Waals surface area contributed by atoms with Gasteiger partial charge in [0.2, 0.25) is 0 Å². The fourth-order valence-corrected chi connectivity index (χ4v) is 3.89. The SMILES string of the molecule is CCN(CC)c1ccc(CN(C(=O)Nc2ccccc2OC)C(C)C)c(OS(=O)(=O)CC)c1. The molecule has 2 aromatic rings. The van der Waals surface area contributed by atoms with Gasteiger partial charge in [0, 0.05) is 36.4 Å². The summed E-state index contributed by atoms with van der Waals surface area (Å²) in [5.74, 6) is 0.637. The number of hydrogen-bond acceptors (Lipinski definition) is 6. The normalized spacial score (nSPS) is 11.2. The van der Waals surface area contributed by atoms with Gasteiger partial charge in [0.1, 0.15) is 11.5 Å². The van der Waals surface area contributed by atoms with Crippen molar-refractivity contribution in [2.75, 3.05) is 36.2 Å². The van der Waals surface area contributed by atoms with Gasteiger partial charge in [-0.1, -0.05) is 18.2 Å². The van der Waals surface area contributed by atoms with Crippen LogP contribution in [0.3, 0.4) is 0 Å². The molecule has 0 aliphatic rings. The van der Waals surface area contributed by atoms with E-state index >= 15 is 0 Å². The molecule has 2 aromatic carbocycles. The number of amides is 2. The average Bonchev–Trinajstić information content (AvgIpc) is 2.79. The number of nitrogens with zero attached hydrogens (tertiary/aromatic N) is 2. The van der Waals surface area contributed by atoms with E-state index in [1.165, 1.54) is 6.92 Å². The number of carbonyl (C=O) groups is 1. The Hall–Kier alpha value is -2.94. The van der Waals surface area contributed by atoms with Gasteiger partial charge >= 0.3 is 16.1 Å². The summed E-state index contributed by atoms with van der Waals surface area (Å²) in [4.78, 5) is 16.9. The molecule has 33 heavy (non-hydrogen) atoms. The summed E-state index contributed by atoms with van der Waals surface area (Å²) in [6.07, 6.45) is 0. The molecular formula is C24H35N3O5S. The molecule has 0 aromatic heterocycles. The maximum Gasteiger partial charge on any atom is 0.322 e. The Bertz CT molecular complexity index is 1040. The number of methoxy groups -OCH3 is 1. The number of anilines is 2. The number of rotatable bonds is 11. The molecule has 0 atom stereocenters. The maximum atomic E-state index is 13.1. The molecule has 0 aliphatic carbocycles. The maximum absolute atomic E-state index is 13.1. The van der Waals surface area contributed by atoms with Crippen LogP contribution in [0.1, 0.15) is 40.2 Å². The van der Waals surface area contributed by atoms with Crippen molar-refractivity contribution < 1.29 is 22.1 Å². The van der Waals surface area contributed by atoms with Gasteiger partial charge in [-0.3, -0.25) is 0 Å². The summed E-state index contributed by atoms with van der Waals surface area (Å²) in [5, 5.41) is 2.88. The van der Waals surface area contributed by atoms with Crippen molar-refractivity contribution in [1.82, 2.24) is 4.90 Å². The summed E-state index contributed by atoms with van der Waals surface area (Å²) in [6.45, 7) is 11.1. The molecule has 1 N–H and O–H groups in total. The van der Waals surface area contributed by atoms with Crippen LogP contribution < -0.4 is 19.1 Å². The van der Waals surface area contributed by atoms with Gasteiger partial charge < -0.3 is 24.0 Å². The van der Waals surface area contributed by atoms with E-state index in [0.29, 0.717) is 17.0 Å². The summed E-state index contributed by atoms with van der Waals surface area (Å²) >= 11 is 0. The molecule has 0 unspecified atom stereocenters. The molecule has 9 heteroatoms. The quantitative estimate of drug-likeness (QED) is 0.472. The molecule has 0 aliphatic heterocycles. The lowest BCUT2D eigenvalue weighted by Crippen LogP contribution is -2.39. The van der Waals surface area contributed by atoms with Crippen LogP contribution >= 0.6 is 0 Å². The molecule has 0 saturated carbocycles. The van der Waals surface area contributed by atoms with Crippen molar-refractivity contribution in [2.24, 2.45) is 0 Å². The molecule has 0 fully saturated rings. The predicted octanol–water partition coefficient (Wildman–Crippen LogP) is 4.71. The van der Waals surface area contributed by atoms with E-state index in [2.05, 4.69) is 10.2 Å². The number of nitrogens with one attached hydrogen (secondary N) is 1. The second-order valence-electron chi connectivity index (χ2n) is 7.75. The second kappa shape index (κ2) is 11.8. The Balaban J connectivity index is 2.39. The highest BCUT2D eigenvalue weighted by molar-refractivity contribution is 7.87. The summed E-state index contributed by atoms with van der Waals surface area (Å²) in [7, 11) is -2.20. The Kier molecular flexibility index (Phi) is 9.40. The molecule has 182 valence electrons. The van der Waals surface area contributed by atoms with Gasteiger partial charge in [0.15, 0.2) is 0 Å². The van der Waals surface area contributed by atoms with Gasteiger partial charge in [-0.05, 0) is 52.8 Å². The van der Waals surface area contributed by atoms with E-state index in [9.17, 15) is 13.2 Å². The van der Waals surface area contributed by atoms with Crippen LogP contribution in [0.25, 0.3) is 0 Å². The van der Waals surface area contributed by atoms with Crippen LogP contribution in [-0.4, -0.2) is 51.3 Å². The number of urea groups is 1. The molecule has 2 rings (SSSR count). The van der Waals surface area contributed by atoms with Crippen LogP contribution in [0.4, 0.5) is 16.2 Å². The minimum atomic E-state index is -3.74. The van der Waals surface area contributed by atoms with Gasteiger partial charge in [0.25, 0.3) is 0 Å². The summed E-state index contributed by atoms with van der Waals surface area (Å²) < 4.78 is 35.3. The monoisotopic (exact) mass is 477 g/mol. The summed E-state index contributed by atoms with van der Waals surface area (Å²) in [5.41, 5.74) is 2.02. The van der Waals surface area contributed by atoms with E-state index in [1.807, 2.05) is 52.0 Å². The third-order valence-electron chi connectivity index (χ3n) is 5.32. The van der Waals surface area contributed by atoms with Crippen molar-refractivity contribution in [3.8, 4) is 11.5 Å². The van der Waals surface area contributed by atoms with Gasteiger partial charge in [-0.15, -0.1) is 0 Å². The zero-order chi connectivity index (χ0) is 24.6. The largest absolute Gasteiger partial charge is 0.495 e. The molecule has 2 amide bonds. The van der Waals surface area contributed by atoms with Crippen molar-refractivity contribution in [2.45, 2.75) is 47.2 Å². The molecule has 0 radical (unpaired) electrons. The zero-order valence-corrected chi connectivity index (χ0v) is 21.1. The summed E-state index contributed by atoms with van der Waals surface area (Å²) in [6, 6.07) is 12.1. The lowest BCUT2D eigenvalue weighted by molar-refractivity contribution is 0.193. The molecule has 0 spiro atoms. The van der Waals surface area contributed by atoms with Gasteiger partial charge in [0.05, 0.1) is 25.1 Å². The molecule has 0 bridgehead atoms. The lowest BCUT2D eigenvalue weighted by atomic mass is 10.1. The Morgan fingerprint density at radius 2 is 1.70 bits per heavy atom. The smallest absolute Gasteiger partial charge is 0.322 e. The first-order valence-corrected chi connectivity index (χ1v) is 12.7. The Morgan fingerprint density at radius 1 is 1.03 bits per heavy atom. The van der Waals surface area contributed by atoms with Crippen LogP contribution in [0, 0.1) is 0 Å². The highest BCUT2D eigenvalue weighted by Gasteiger charge is 2.23. The van der Waals surface area contributed by atoms with Crippen LogP contribution in [0.5, 0.6) is 11.5 Å². The first-order valence-electron chi connectivity index (χ1n) is 11.2. The van der Waals surface area contributed by atoms with Crippen molar-refractivity contribution in [3.05, 3.63) is 48.0 Å². The third kappa shape index (κ3) is 7.02. The van der Waals surface area contributed by atoms with Crippen LogP contribution in [-0.2, 0) is 16.7 Å². The first kappa shape index (κ1) is 26.3. The highest BCUT2D eigenvalue weighted by Crippen LogP contribution is 2.30. The number of carbonyl (C=O) groups excluding carboxylic acids is 1. The Labute approximate surface area is 197 Å². The minimum absolute atomic E-state index is 0.149. The third-order valence-corrected chi connectivity index (χ3v) is 6.46. The van der Waals surface area contributed by atoms with E-state index in [4.69, 9.17) is 8.92 Å². The number of ether oxygens (including phenoxy) is 1. The standard InChI is InChI=1S/C24H35N3O5S/c1-7-26(8-2)20-15-14-19(23(16-20)32-33(29,30)9-3)17-27(18(4)5)24(28)25-21-12-10-11-13-22(21)31-6/h10-16,18H,7-9,17H2,1-6H3,(H,25,28). The second-order valence-corrected chi connectivity index (χ2v) is 9.61. The Morgan fingerprint density at radius 3 is 2.27 bits per heavy atom.